The molecule has 18 heavy (non-hydrogen) atoms. The number of hydrogen-bond donors (Lipinski definition) is 1. The maximum Gasteiger partial charge on any atom is 0.170 e. The molecule has 0 radical (unpaired) electrons. The first kappa shape index (κ1) is 14.3. The number of likely N-dealkylation sites (N-methyl/N-ethyl adjacent to an activating group) is 1. The summed E-state index contributed by atoms with van der Waals surface area (Å²) in [5, 5.41) is 10.3. The van der Waals surface area contributed by atoms with Gasteiger partial charge < -0.3 is 14.6 Å². The Kier molecular flexibility index (Phi) is 5.01. The van der Waals surface area contributed by atoms with Crippen molar-refractivity contribution in [1.82, 2.24) is 4.90 Å². The minimum Gasteiger partial charge on any atom is -0.391 e. The molecule has 1 aliphatic carbocycles. The number of unbranched alkanes of at least 4 members (excludes halogenated alkanes) is 1. The Morgan fingerprint density at radius 2 is 2.00 bits per heavy atom. The predicted octanol–water partition coefficient (Wildman–Crippen LogP) is 1.76. The number of hydrogen-bond acceptors (Lipinski definition) is 4. The summed E-state index contributed by atoms with van der Waals surface area (Å²) in [6, 6.07) is 0.188. The summed E-state index contributed by atoms with van der Waals surface area (Å²) < 4.78 is 11.6. The highest BCUT2D eigenvalue weighted by Gasteiger charge is 2.46. The number of nitrogens with zero attached hydrogens (tertiary/aromatic N) is 1. The van der Waals surface area contributed by atoms with E-state index in [2.05, 4.69) is 18.7 Å². The summed E-state index contributed by atoms with van der Waals surface area (Å²) in [6.45, 7) is 7.81. The lowest BCUT2D eigenvalue weighted by atomic mass is 9.86. The van der Waals surface area contributed by atoms with Gasteiger partial charge in [0.1, 0.15) is 0 Å². The third kappa shape index (κ3) is 3.05. The van der Waals surface area contributed by atoms with Crippen LogP contribution in [0, 0.1) is 0 Å². The third-order valence-electron chi connectivity index (χ3n) is 4.27. The molecular weight excluding hydrogens is 230 g/mol. The predicted molar refractivity (Wildman–Crippen MR) is 70.4 cm³/mol. The van der Waals surface area contributed by atoms with Gasteiger partial charge in [0.2, 0.25) is 0 Å². The normalized spacial score (nSPS) is 31.3. The summed E-state index contributed by atoms with van der Waals surface area (Å²) in [5.74, 6) is -0.399. The van der Waals surface area contributed by atoms with Crippen LogP contribution in [0.5, 0.6) is 0 Å². The van der Waals surface area contributed by atoms with Gasteiger partial charge in [0.25, 0.3) is 0 Å². The molecule has 1 spiro atoms. The third-order valence-corrected chi connectivity index (χ3v) is 4.27. The lowest BCUT2D eigenvalue weighted by Gasteiger charge is -2.43. The number of rotatable bonds is 5. The van der Waals surface area contributed by atoms with E-state index in [0.717, 1.165) is 32.4 Å². The van der Waals surface area contributed by atoms with Crippen LogP contribution in [0.2, 0.25) is 0 Å². The standard InChI is InChI=1S/C14H27NO3/c1-3-5-8-15(4-2)12-11-14(7-6-13(12)16)17-9-10-18-14/h12-13,16H,3-11H2,1-2H3. The molecule has 0 aromatic heterocycles. The van der Waals surface area contributed by atoms with Gasteiger partial charge >= 0.3 is 0 Å². The molecular formula is C14H27NO3. The first-order valence-corrected chi connectivity index (χ1v) is 7.41. The lowest BCUT2D eigenvalue weighted by molar-refractivity contribution is -0.205. The molecule has 2 atom stereocenters. The number of aliphatic hydroxyl groups excluding tert-OH is 1. The van der Waals surface area contributed by atoms with E-state index in [9.17, 15) is 5.11 Å². The van der Waals surface area contributed by atoms with Crippen molar-refractivity contribution in [2.24, 2.45) is 0 Å². The Bertz CT molecular complexity index is 253. The van der Waals surface area contributed by atoms with Crippen LogP contribution in [-0.4, -0.2) is 54.2 Å². The molecule has 0 aromatic carbocycles. The van der Waals surface area contributed by atoms with Crippen LogP contribution >= 0.6 is 0 Å². The molecule has 1 heterocycles. The van der Waals surface area contributed by atoms with Gasteiger partial charge in [-0.25, -0.2) is 0 Å². The van der Waals surface area contributed by atoms with Crippen LogP contribution in [0.1, 0.15) is 46.0 Å². The SMILES string of the molecule is CCCCN(CC)C1CC2(CCC1O)OCCO2. The molecule has 1 aliphatic heterocycles. The van der Waals surface area contributed by atoms with Crippen molar-refractivity contribution in [1.29, 1.82) is 0 Å². The Labute approximate surface area is 110 Å². The van der Waals surface area contributed by atoms with Gasteiger partial charge in [0.05, 0.1) is 19.3 Å². The summed E-state index contributed by atoms with van der Waals surface area (Å²) in [5.41, 5.74) is 0. The fourth-order valence-corrected chi connectivity index (χ4v) is 3.17. The van der Waals surface area contributed by atoms with Gasteiger partial charge in [0.15, 0.2) is 5.79 Å². The van der Waals surface area contributed by atoms with Gasteiger partial charge in [-0.1, -0.05) is 20.3 Å². The second-order valence-electron chi connectivity index (χ2n) is 5.47. The Morgan fingerprint density at radius 3 is 2.61 bits per heavy atom. The van der Waals surface area contributed by atoms with E-state index >= 15 is 0 Å². The van der Waals surface area contributed by atoms with Crippen molar-refractivity contribution in [3.8, 4) is 0 Å². The maximum atomic E-state index is 10.3. The molecule has 2 rings (SSSR count). The molecule has 0 amide bonds. The van der Waals surface area contributed by atoms with Gasteiger partial charge in [0, 0.05) is 18.9 Å². The molecule has 1 N–H and O–H groups in total. The Hall–Kier alpha value is -0.160. The van der Waals surface area contributed by atoms with Gasteiger partial charge in [-0.3, -0.25) is 4.90 Å². The zero-order chi connectivity index (χ0) is 13.0. The molecule has 106 valence electrons. The monoisotopic (exact) mass is 257 g/mol. The average molecular weight is 257 g/mol. The van der Waals surface area contributed by atoms with Crippen molar-refractivity contribution in [2.75, 3.05) is 26.3 Å². The molecule has 2 unspecified atom stereocenters. The summed E-state index contributed by atoms with van der Waals surface area (Å²) in [7, 11) is 0. The van der Waals surface area contributed by atoms with Gasteiger partial charge in [-0.2, -0.15) is 0 Å². The van der Waals surface area contributed by atoms with E-state index in [1.54, 1.807) is 0 Å². The van der Waals surface area contributed by atoms with E-state index < -0.39 is 5.79 Å². The number of ether oxygens (including phenoxy) is 2. The quantitative estimate of drug-likeness (QED) is 0.815. The van der Waals surface area contributed by atoms with Crippen LogP contribution in [-0.2, 0) is 9.47 Å². The van der Waals surface area contributed by atoms with E-state index in [0.29, 0.717) is 13.2 Å². The summed E-state index contributed by atoms with van der Waals surface area (Å²) >= 11 is 0. The molecule has 1 saturated carbocycles. The molecule has 4 nitrogen and oxygen atoms in total. The zero-order valence-corrected chi connectivity index (χ0v) is 11.7. The highest BCUT2D eigenvalue weighted by molar-refractivity contribution is 4.93. The second-order valence-corrected chi connectivity index (χ2v) is 5.47. The fourth-order valence-electron chi connectivity index (χ4n) is 3.17. The van der Waals surface area contributed by atoms with Crippen molar-refractivity contribution in [2.45, 2.75) is 63.9 Å². The zero-order valence-electron chi connectivity index (χ0n) is 11.7. The highest BCUT2D eigenvalue weighted by atomic mass is 16.7. The smallest absolute Gasteiger partial charge is 0.170 e. The van der Waals surface area contributed by atoms with E-state index in [1.807, 2.05) is 0 Å². The van der Waals surface area contributed by atoms with Crippen molar-refractivity contribution < 1.29 is 14.6 Å². The first-order valence-electron chi connectivity index (χ1n) is 7.41. The molecule has 4 heteroatoms. The van der Waals surface area contributed by atoms with E-state index in [-0.39, 0.29) is 12.1 Å². The maximum absolute atomic E-state index is 10.3. The van der Waals surface area contributed by atoms with E-state index in [4.69, 9.17) is 9.47 Å². The fraction of sp³-hybridized carbons (Fsp3) is 1.00. The van der Waals surface area contributed by atoms with E-state index in [1.165, 1.54) is 12.8 Å². The Morgan fingerprint density at radius 1 is 1.28 bits per heavy atom. The summed E-state index contributed by atoms with van der Waals surface area (Å²) in [6.07, 6.45) is 4.57. The van der Waals surface area contributed by atoms with Crippen LogP contribution in [0.25, 0.3) is 0 Å². The molecule has 1 saturated heterocycles. The van der Waals surface area contributed by atoms with Crippen LogP contribution in [0.4, 0.5) is 0 Å². The van der Waals surface area contributed by atoms with Gasteiger partial charge in [-0.05, 0) is 25.9 Å². The highest BCUT2D eigenvalue weighted by Crippen LogP contribution is 2.37. The largest absolute Gasteiger partial charge is 0.391 e. The molecule has 0 bridgehead atoms. The van der Waals surface area contributed by atoms with Gasteiger partial charge in [-0.15, -0.1) is 0 Å². The van der Waals surface area contributed by atoms with Crippen molar-refractivity contribution >= 4 is 0 Å². The minimum absolute atomic E-state index is 0.188. The molecule has 2 aliphatic rings. The Balaban J connectivity index is 1.99. The molecule has 0 aromatic rings. The summed E-state index contributed by atoms with van der Waals surface area (Å²) in [4.78, 5) is 2.39. The van der Waals surface area contributed by atoms with Crippen molar-refractivity contribution in [3.05, 3.63) is 0 Å². The van der Waals surface area contributed by atoms with Crippen LogP contribution < -0.4 is 0 Å². The number of aliphatic hydroxyl groups is 1. The minimum atomic E-state index is -0.399. The topological polar surface area (TPSA) is 41.9 Å². The van der Waals surface area contributed by atoms with Crippen LogP contribution in [0.3, 0.4) is 0 Å². The van der Waals surface area contributed by atoms with Crippen LogP contribution in [0.15, 0.2) is 0 Å². The lowest BCUT2D eigenvalue weighted by Crippen LogP contribution is -2.53. The second kappa shape index (κ2) is 6.33. The van der Waals surface area contributed by atoms with Crippen molar-refractivity contribution in [3.63, 3.8) is 0 Å². The average Bonchev–Trinajstić information content (AvgIpc) is 2.83. The first-order chi connectivity index (χ1) is 8.71. The molecule has 2 fully saturated rings.